The number of aromatic nitrogens is 2. The molecule has 1 aliphatic rings. The summed E-state index contributed by atoms with van der Waals surface area (Å²) in [6.45, 7) is 4.15. The number of rotatable bonds is 8. The van der Waals surface area contributed by atoms with Crippen LogP contribution < -0.4 is 15.4 Å². The lowest BCUT2D eigenvalue weighted by Crippen LogP contribution is -2.17. The Bertz CT molecular complexity index is 1180. The van der Waals surface area contributed by atoms with Gasteiger partial charge in [-0.05, 0) is 63.1 Å². The van der Waals surface area contributed by atoms with E-state index >= 15 is 0 Å². The van der Waals surface area contributed by atoms with Crippen molar-refractivity contribution < 1.29 is 14.3 Å². The summed E-state index contributed by atoms with van der Waals surface area (Å²) in [5.74, 6) is 0.522. The van der Waals surface area contributed by atoms with Crippen LogP contribution in [-0.4, -0.2) is 34.2 Å². The van der Waals surface area contributed by atoms with Crippen LogP contribution in [0.15, 0.2) is 53.7 Å². The van der Waals surface area contributed by atoms with Crippen molar-refractivity contribution in [3.8, 4) is 5.75 Å². The summed E-state index contributed by atoms with van der Waals surface area (Å²) < 4.78 is 7.61. The van der Waals surface area contributed by atoms with Gasteiger partial charge in [-0.2, -0.15) is 0 Å². The van der Waals surface area contributed by atoms with Gasteiger partial charge in [0.25, 0.3) is 5.91 Å². The number of ether oxygens (including phenoxy) is 1. The number of carbonyl (C=O) groups excluding carboxylic acids is 2. The molecular formula is C27H32N4O3S. The van der Waals surface area contributed by atoms with Crippen LogP contribution in [0.4, 0.5) is 11.4 Å². The van der Waals surface area contributed by atoms with E-state index in [4.69, 9.17) is 9.72 Å². The van der Waals surface area contributed by atoms with Crippen molar-refractivity contribution in [3.05, 3.63) is 65.5 Å². The number of nitrogens with one attached hydrogen (secondary N) is 2. The third-order valence-electron chi connectivity index (χ3n) is 6.41. The number of nitrogens with zero attached hydrogens (tertiary/aromatic N) is 2. The van der Waals surface area contributed by atoms with Crippen LogP contribution in [0.1, 0.15) is 59.9 Å². The molecule has 1 heterocycles. The number of thioether (sulfide) groups is 1. The van der Waals surface area contributed by atoms with Gasteiger partial charge in [-0.1, -0.05) is 43.2 Å². The molecule has 35 heavy (non-hydrogen) atoms. The molecule has 8 heteroatoms. The number of carbonyl (C=O) groups is 2. The zero-order chi connectivity index (χ0) is 24.8. The van der Waals surface area contributed by atoms with Gasteiger partial charge in [0.1, 0.15) is 5.75 Å². The topological polar surface area (TPSA) is 85.2 Å². The molecule has 7 nitrogen and oxygen atoms in total. The number of imidazole rings is 1. The van der Waals surface area contributed by atoms with Crippen LogP contribution in [0.3, 0.4) is 0 Å². The predicted molar refractivity (Wildman–Crippen MR) is 141 cm³/mol. The van der Waals surface area contributed by atoms with E-state index in [0.717, 1.165) is 10.9 Å². The number of hydrogen-bond acceptors (Lipinski definition) is 5. The highest BCUT2D eigenvalue weighted by Crippen LogP contribution is 2.34. The second-order valence-electron chi connectivity index (χ2n) is 8.80. The molecule has 0 radical (unpaired) electrons. The Morgan fingerprint density at radius 2 is 1.74 bits per heavy atom. The molecular weight excluding hydrogens is 460 g/mol. The van der Waals surface area contributed by atoms with E-state index < -0.39 is 0 Å². The second-order valence-corrected chi connectivity index (χ2v) is 9.74. The van der Waals surface area contributed by atoms with E-state index in [1.807, 2.05) is 19.1 Å². The van der Waals surface area contributed by atoms with Gasteiger partial charge in [0, 0.05) is 23.0 Å². The molecule has 0 unspecified atom stereocenters. The van der Waals surface area contributed by atoms with Gasteiger partial charge in [0.2, 0.25) is 5.91 Å². The average Bonchev–Trinajstić information content (AvgIpc) is 3.17. The Balaban J connectivity index is 1.34. The molecule has 2 amide bonds. The largest absolute Gasteiger partial charge is 0.495 e. The Hall–Kier alpha value is -3.26. The fraction of sp³-hybridized carbons (Fsp3) is 0.370. The summed E-state index contributed by atoms with van der Waals surface area (Å²) in [5.41, 5.74) is 3.96. The van der Waals surface area contributed by atoms with Gasteiger partial charge in [-0.25, -0.2) is 4.98 Å². The molecule has 1 aromatic heterocycles. The van der Waals surface area contributed by atoms with Crippen molar-refractivity contribution in [2.45, 2.75) is 57.1 Å². The van der Waals surface area contributed by atoms with Crippen molar-refractivity contribution in [1.29, 1.82) is 0 Å². The minimum Gasteiger partial charge on any atom is -0.495 e. The van der Waals surface area contributed by atoms with Crippen molar-refractivity contribution in [3.63, 3.8) is 0 Å². The first kappa shape index (κ1) is 24.9. The van der Waals surface area contributed by atoms with Crippen LogP contribution in [0, 0.1) is 13.8 Å². The predicted octanol–water partition coefficient (Wildman–Crippen LogP) is 6.00. The molecule has 0 spiro atoms. The number of anilines is 2. The number of para-hydroxylation sites is 2. The maximum Gasteiger partial charge on any atom is 0.255 e. The minimum atomic E-state index is -0.247. The molecule has 0 aliphatic heterocycles. The summed E-state index contributed by atoms with van der Waals surface area (Å²) >= 11 is 1.48. The van der Waals surface area contributed by atoms with Gasteiger partial charge >= 0.3 is 0 Å². The zero-order valence-corrected chi connectivity index (χ0v) is 21.3. The Kier molecular flexibility index (Phi) is 8.13. The highest BCUT2D eigenvalue weighted by Gasteiger charge is 2.22. The Morgan fingerprint density at radius 3 is 2.46 bits per heavy atom. The van der Waals surface area contributed by atoms with E-state index in [1.54, 1.807) is 43.5 Å². The molecule has 1 saturated carbocycles. The molecule has 184 valence electrons. The zero-order valence-electron chi connectivity index (χ0n) is 20.5. The molecule has 1 fully saturated rings. The summed E-state index contributed by atoms with van der Waals surface area (Å²) in [7, 11) is 1.56. The number of aryl methyl sites for hydroxylation is 1. The third-order valence-corrected chi connectivity index (χ3v) is 7.37. The van der Waals surface area contributed by atoms with Gasteiger partial charge in [-0.3, -0.25) is 9.59 Å². The van der Waals surface area contributed by atoms with Gasteiger partial charge < -0.3 is 19.9 Å². The first-order chi connectivity index (χ1) is 17.0. The highest BCUT2D eigenvalue weighted by molar-refractivity contribution is 7.99. The van der Waals surface area contributed by atoms with Gasteiger partial charge in [0.15, 0.2) is 5.16 Å². The smallest absolute Gasteiger partial charge is 0.255 e. The number of benzene rings is 2. The molecule has 0 saturated heterocycles. The van der Waals surface area contributed by atoms with Gasteiger partial charge in [-0.15, -0.1) is 0 Å². The molecule has 0 atom stereocenters. The van der Waals surface area contributed by atoms with E-state index in [-0.39, 0.29) is 17.6 Å². The number of hydrogen-bond donors (Lipinski definition) is 2. The highest BCUT2D eigenvalue weighted by atomic mass is 32.2. The van der Waals surface area contributed by atoms with Crippen LogP contribution in [0.5, 0.6) is 5.75 Å². The lowest BCUT2D eigenvalue weighted by molar-refractivity contribution is -0.113. The first-order valence-corrected chi connectivity index (χ1v) is 13.0. The molecule has 2 N–H and O–H groups in total. The monoisotopic (exact) mass is 492 g/mol. The van der Waals surface area contributed by atoms with Crippen LogP contribution >= 0.6 is 11.8 Å². The SMILES string of the molecule is COc1ccccc1NC(=O)c1ccc(NC(=O)CSc2nc(C)c(C)n2C2CCCCC2)cc1. The second kappa shape index (κ2) is 11.4. The number of methoxy groups -OCH3 is 1. The third kappa shape index (κ3) is 6.06. The maximum absolute atomic E-state index is 12.6. The Labute approximate surface area is 210 Å². The summed E-state index contributed by atoms with van der Waals surface area (Å²) in [4.78, 5) is 30.0. The molecule has 2 aromatic carbocycles. The molecule has 4 rings (SSSR count). The first-order valence-electron chi connectivity index (χ1n) is 12.0. The lowest BCUT2D eigenvalue weighted by Gasteiger charge is -2.26. The normalized spacial score (nSPS) is 13.9. The van der Waals surface area contributed by atoms with Crippen LogP contribution in [0.25, 0.3) is 0 Å². The molecule has 0 bridgehead atoms. The summed E-state index contributed by atoms with van der Waals surface area (Å²) in [6, 6.07) is 14.6. The van der Waals surface area contributed by atoms with Crippen molar-refractivity contribution in [2.24, 2.45) is 0 Å². The van der Waals surface area contributed by atoms with E-state index in [0.29, 0.717) is 28.7 Å². The van der Waals surface area contributed by atoms with E-state index in [1.165, 1.54) is 49.6 Å². The van der Waals surface area contributed by atoms with Gasteiger partial charge in [0.05, 0.1) is 24.2 Å². The minimum absolute atomic E-state index is 0.102. The average molecular weight is 493 g/mol. The standard InChI is InChI=1S/C27H32N4O3S/c1-18-19(2)31(22-9-5-4-6-10-22)27(28-18)35-17-25(32)29-21-15-13-20(14-16-21)26(33)30-23-11-7-8-12-24(23)34-3/h7-8,11-16,22H,4-6,9-10,17H2,1-3H3,(H,29,32)(H,30,33). The maximum atomic E-state index is 12.6. The van der Waals surface area contributed by atoms with Crippen molar-refractivity contribution in [1.82, 2.24) is 9.55 Å². The van der Waals surface area contributed by atoms with Crippen LogP contribution in [0.2, 0.25) is 0 Å². The fourth-order valence-electron chi connectivity index (χ4n) is 4.44. The van der Waals surface area contributed by atoms with Crippen LogP contribution in [-0.2, 0) is 4.79 Å². The van der Waals surface area contributed by atoms with E-state index in [9.17, 15) is 9.59 Å². The molecule has 1 aliphatic carbocycles. The van der Waals surface area contributed by atoms with E-state index in [2.05, 4.69) is 22.1 Å². The lowest BCUT2D eigenvalue weighted by atomic mass is 9.95. The molecule has 3 aromatic rings. The summed E-state index contributed by atoms with van der Waals surface area (Å²) in [6.07, 6.45) is 6.15. The summed E-state index contributed by atoms with van der Waals surface area (Å²) in [5, 5.41) is 6.69. The Morgan fingerprint density at radius 1 is 1.03 bits per heavy atom. The quantitative estimate of drug-likeness (QED) is 0.377. The van der Waals surface area contributed by atoms with Crippen molar-refractivity contribution in [2.75, 3.05) is 23.5 Å². The van der Waals surface area contributed by atoms with Crippen molar-refractivity contribution >= 4 is 35.0 Å². The number of amides is 2. The fourth-order valence-corrected chi connectivity index (χ4v) is 5.40.